The molecule has 0 unspecified atom stereocenters. The second kappa shape index (κ2) is 7.46. The number of aryl methyl sites for hydroxylation is 1. The molecular weight excluding hydrogens is 267 g/mol. The number of carbonyl (C=O) groups is 1. The van der Waals surface area contributed by atoms with Crippen LogP contribution in [0.25, 0.3) is 0 Å². The van der Waals surface area contributed by atoms with Gasteiger partial charge >= 0.3 is 0 Å². The van der Waals surface area contributed by atoms with Crippen molar-refractivity contribution in [2.45, 2.75) is 25.7 Å². The smallest absolute Gasteiger partial charge is 0.227 e. The molecule has 0 atom stereocenters. The number of nitrogens with zero attached hydrogens (tertiary/aromatic N) is 1. The van der Waals surface area contributed by atoms with Crippen LogP contribution >= 0.6 is 12.4 Å². The quantitative estimate of drug-likeness (QED) is 0.863. The Bertz CT molecular complexity index is 439. The maximum absolute atomic E-state index is 13.2. The van der Waals surface area contributed by atoms with Crippen molar-refractivity contribution in [3.05, 3.63) is 29.6 Å². The largest absolute Gasteiger partial charge is 0.320 e. The zero-order chi connectivity index (χ0) is 13.0. The summed E-state index contributed by atoms with van der Waals surface area (Å²) >= 11 is 0. The lowest BCUT2D eigenvalue weighted by atomic mass is 10.0. The van der Waals surface area contributed by atoms with Gasteiger partial charge in [-0.2, -0.15) is 0 Å². The van der Waals surface area contributed by atoms with E-state index in [4.69, 9.17) is 0 Å². The van der Waals surface area contributed by atoms with Crippen molar-refractivity contribution in [3.8, 4) is 0 Å². The first-order valence-electron chi connectivity index (χ1n) is 6.46. The lowest BCUT2D eigenvalue weighted by Gasteiger charge is -2.29. The number of hydrogen-bond acceptors (Lipinski definition) is 2. The number of fused-ring (bicyclic) bond motifs is 1. The van der Waals surface area contributed by atoms with Gasteiger partial charge in [0, 0.05) is 18.7 Å². The molecule has 0 aliphatic carbocycles. The maximum atomic E-state index is 13.2. The third kappa shape index (κ3) is 3.91. The summed E-state index contributed by atoms with van der Waals surface area (Å²) in [4.78, 5) is 13.9. The Hall–Kier alpha value is -1.13. The first-order chi connectivity index (χ1) is 8.72. The van der Waals surface area contributed by atoms with Crippen LogP contribution in [0.5, 0.6) is 0 Å². The summed E-state index contributed by atoms with van der Waals surface area (Å²) in [6, 6.07) is 4.69. The lowest BCUT2D eigenvalue weighted by Crippen LogP contribution is -2.35. The molecule has 3 nitrogen and oxygen atoms in total. The van der Waals surface area contributed by atoms with E-state index in [0.717, 1.165) is 43.6 Å². The molecule has 19 heavy (non-hydrogen) atoms. The third-order valence-electron chi connectivity index (χ3n) is 3.28. The van der Waals surface area contributed by atoms with Gasteiger partial charge in [0.1, 0.15) is 5.82 Å². The van der Waals surface area contributed by atoms with Crippen LogP contribution in [0.2, 0.25) is 0 Å². The molecule has 5 heteroatoms. The fraction of sp³-hybridized carbons (Fsp3) is 0.500. The third-order valence-corrected chi connectivity index (χ3v) is 3.28. The van der Waals surface area contributed by atoms with Gasteiger partial charge in [-0.3, -0.25) is 4.79 Å². The number of amides is 1. The van der Waals surface area contributed by atoms with Crippen molar-refractivity contribution in [1.82, 2.24) is 5.32 Å². The van der Waals surface area contributed by atoms with E-state index < -0.39 is 0 Å². The van der Waals surface area contributed by atoms with Crippen LogP contribution in [0, 0.1) is 5.82 Å². The Balaban J connectivity index is 0.00000180. The number of carbonyl (C=O) groups excluding carboxylic acids is 1. The Labute approximate surface area is 119 Å². The van der Waals surface area contributed by atoms with Crippen LogP contribution in [0.15, 0.2) is 18.2 Å². The zero-order valence-electron chi connectivity index (χ0n) is 11.1. The zero-order valence-corrected chi connectivity index (χ0v) is 11.9. The highest BCUT2D eigenvalue weighted by Gasteiger charge is 2.22. The number of hydrogen-bond donors (Lipinski definition) is 1. The Morgan fingerprint density at radius 2 is 2.26 bits per heavy atom. The molecule has 1 aromatic rings. The first kappa shape index (κ1) is 15.9. The molecular formula is C14H20ClFN2O. The van der Waals surface area contributed by atoms with Crippen LogP contribution in [0.1, 0.15) is 24.8 Å². The van der Waals surface area contributed by atoms with Gasteiger partial charge in [-0.25, -0.2) is 4.39 Å². The van der Waals surface area contributed by atoms with Gasteiger partial charge in [-0.05, 0) is 56.6 Å². The first-order valence-corrected chi connectivity index (χ1v) is 6.46. The fourth-order valence-corrected chi connectivity index (χ4v) is 2.38. The molecule has 0 aromatic heterocycles. The molecule has 1 aromatic carbocycles. The van der Waals surface area contributed by atoms with E-state index in [-0.39, 0.29) is 24.1 Å². The molecule has 106 valence electrons. The highest BCUT2D eigenvalue weighted by Crippen LogP contribution is 2.28. The van der Waals surface area contributed by atoms with E-state index in [1.165, 1.54) is 6.07 Å². The van der Waals surface area contributed by atoms with Gasteiger partial charge in [0.25, 0.3) is 0 Å². The van der Waals surface area contributed by atoms with Crippen molar-refractivity contribution in [3.63, 3.8) is 0 Å². The van der Waals surface area contributed by atoms with Crippen LogP contribution in [0.3, 0.4) is 0 Å². The van der Waals surface area contributed by atoms with E-state index in [1.807, 2.05) is 7.05 Å². The minimum absolute atomic E-state index is 0. The van der Waals surface area contributed by atoms with Crippen molar-refractivity contribution in [2.24, 2.45) is 0 Å². The number of benzene rings is 1. The van der Waals surface area contributed by atoms with Crippen LogP contribution in [-0.2, 0) is 11.2 Å². The molecule has 0 saturated carbocycles. The number of rotatable bonds is 4. The Morgan fingerprint density at radius 1 is 1.47 bits per heavy atom. The highest BCUT2D eigenvalue weighted by molar-refractivity contribution is 5.94. The maximum Gasteiger partial charge on any atom is 0.227 e. The Kier molecular flexibility index (Phi) is 6.25. The van der Waals surface area contributed by atoms with E-state index in [0.29, 0.717) is 6.42 Å². The summed E-state index contributed by atoms with van der Waals surface area (Å²) in [7, 11) is 1.88. The van der Waals surface area contributed by atoms with Crippen molar-refractivity contribution >= 4 is 24.0 Å². The van der Waals surface area contributed by atoms with Crippen LogP contribution in [0.4, 0.5) is 10.1 Å². The second-order valence-corrected chi connectivity index (χ2v) is 4.63. The van der Waals surface area contributed by atoms with E-state index in [1.54, 1.807) is 17.0 Å². The summed E-state index contributed by atoms with van der Waals surface area (Å²) in [5.74, 6) is -0.0870. The molecule has 1 N–H and O–H groups in total. The monoisotopic (exact) mass is 286 g/mol. The summed E-state index contributed by atoms with van der Waals surface area (Å²) < 4.78 is 13.2. The van der Waals surface area contributed by atoms with Gasteiger partial charge in [-0.1, -0.05) is 0 Å². The SMILES string of the molecule is CNCCCC(=O)N1CCCc2cc(F)ccc21.Cl. The molecule has 0 bridgehead atoms. The normalized spacial score (nSPS) is 13.7. The number of halogens is 2. The molecule has 1 heterocycles. The van der Waals surface area contributed by atoms with Crippen molar-refractivity contribution in [2.75, 3.05) is 25.0 Å². The van der Waals surface area contributed by atoms with Crippen molar-refractivity contribution < 1.29 is 9.18 Å². The van der Waals surface area contributed by atoms with Gasteiger partial charge in [-0.15, -0.1) is 12.4 Å². The minimum atomic E-state index is -0.224. The Morgan fingerprint density at radius 3 is 3.00 bits per heavy atom. The van der Waals surface area contributed by atoms with Gasteiger partial charge < -0.3 is 10.2 Å². The number of anilines is 1. The van der Waals surface area contributed by atoms with Gasteiger partial charge in [0.2, 0.25) is 5.91 Å². The minimum Gasteiger partial charge on any atom is -0.320 e. The van der Waals surface area contributed by atoms with E-state index >= 15 is 0 Å². The average molecular weight is 287 g/mol. The molecule has 0 fully saturated rings. The molecule has 2 rings (SSSR count). The molecule has 1 amide bonds. The predicted molar refractivity (Wildman–Crippen MR) is 77.5 cm³/mol. The van der Waals surface area contributed by atoms with Crippen molar-refractivity contribution in [1.29, 1.82) is 0 Å². The topological polar surface area (TPSA) is 32.3 Å². The standard InChI is InChI=1S/C14H19FN2O.ClH/c1-16-8-2-5-14(18)17-9-3-4-11-10-12(15)6-7-13(11)17;/h6-7,10,16H,2-5,8-9H2,1H3;1H. The predicted octanol–water partition coefficient (Wildman–Crippen LogP) is 2.53. The van der Waals surface area contributed by atoms with Crippen LogP contribution < -0.4 is 10.2 Å². The molecule has 1 aliphatic heterocycles. The summed E-state index contributed by atoms with van der Waals surface area (Å²) in [6.45, 7) is 1.59. The van der Waals surface area contributed by atoms with E-state index in [9.17, 15) is 9.18 Å². The lowest BCUT2D eigenvalue weighted by molar-refractivity contribution is -0.118. The highest BCUT2D eigenvalue weighted by atomic mass is 35.5. The summed E-state index contributed by atoms with van der Waals surface area (Å²) in [6.07, 6.45) is 3.14. The van der Waals surface area contributed by atoms with Gasteiger partial charge in [0.05, 0.1) is 0 Å². The molecule has 1 aliphatic rings. The average Bonchev–Trinajstić information content (AvgIpc) is 2.37. The van der Waals surface area contributed by atoms with Gasteiger partial charge in [0.15, 0.2) is 0 Å². The molecule has 0 spiro atoms. The molecule has 0 radical (unpaired) electrons. The summed E-state index contributed by atoms with van der Waals surface area (Å²) in [5.41, 5.74) is 1.83. The van der Waals surface area contributed by atoms with Crippen LogP contribution in [-0.4, -0.2) is 26.0 Å². The summed E-state index contributed by atoms with van der Waals surface area (Å²) in [5, 5.41) is 3.03. The number of nitrogens with one attached hydrogen (secondary N) is 1. The van der Waals surface area contributed by atoms with E-state index in [2.05, 4.69) is 5.32 Å². The molecule has 0 saturated heterocycles. The second-order valence-electron chi connectivity index (χ2n) is 4.63. The fourth-order valence-electron chi connectivity index (χ4n) is 2.38.